The fourth-order valence-electron chi connectivity index (χ4n) is 2.53. The fraction of sp³-hybridized carbons (Fsp3) is 0.750. The zero-order chi connectivity index (χ0) is 15.0. The predicted molar refractivity (Wildman–Crippen MR) is 85.8 cm³/mol. The van der Waals surface area contributed by atoms with E-state index in [1.807, 2.05) is 12.4 Å². The molecule has 0 aliphatic rings. The van der Waals surface area contributed by atoms with Gasteiger partial charge in [-0.3, -0.25) is 9.88 Å². The van der Waals surface area contributed by atoms with Crippen LogP contribution in [0.25, 0.3) is 0 Å². The van der Waals surface area contributed by atoms with Gasteiger partial charge in [0.2, 0.25) is 0 Å². The summed E-state index contributed by atoms with van der Waals surface area (Å²) < 4.78 is 0. The number of hydrogen-bond acceptors (Lipinski definition) is 4. The van der Waals surface area contributed by atoms with Gasteiger partial charge in [0, 0.05) is 25.7 Å². The quantitative estimate of drug-likeness (QED) is 0.750. The van der Waals surface area contributed by atoms with Gasteiger partial charge in [0.05, 0.1) is 18.1 Å². The van der Waals surface area contributed by atoms with Crippen molar-refractivity contribution in [2.75, 3.05) is 18.4 Å². The summed E-state index contributed by atoms with van der Waals surface area (Å²) in [7, 11) is 0. The first-order valence-corrected chi connectivity index (χ1v) is 7.89. The van der Waals surface area contributed by atoms with Gasteiger partial charge < -0.3 is 5.32 Å². The van der Waals surface area contributed by atoms with Crippen molar-refractivity contribution in [3.63, 3.8) is 0 Å². The van der Waals surface area contributed by atoms with E-state index in [4.69, 9.17) is 0 Å². The van der Waals surface area contributed by atoms with Gasteiger partial charge >= 0.3 is 0 Å². The summed E-state index contributed by atoms with van der Waals surface area (Å²) in [6.45, 7) is 14.0. The van der Waals surface area contributed by atoms with Crippen LogP contribution in [0.2, 0.25) is 0 Å². The lowest BCUT2D eigenvalue weighted by Crippen LogP contribution is -2.37. The summed E-state index contributed by atoms with van der Waals surface area (Å²) in [4.78, 5) is 11.5. The maximum absolute atomic E-state index is 4.53. The van der Waals surface area contributed by atoms with Crippen LogP contribution in [0.3, 0.4) is 0 Å². The molecule has 0 aliphatic heterocycles. The molecule has 114 valence electrons. The maximum atomic E-state index is 4.53. The van der Waals surface area contributed by atoms with Crippen molar-refractivity contribution in [1.82, 2.24) is 14.9 Å². The fourth-order valence-corrected chi connectivity index (χ4v) is 2.53. The van der Waals surface area contributed by atoms with E-state index in [-0.39, 0.29) is 0 Å². The van der Waals surface area contributed by atoms with E-state index < -0.39 is 0 Å². The minimum Gasteiger partial charge on any atom is -0.369 e. The van der Waals surface area contributed by atoms with Crippen molar-refractivity contribution in [2.45, 2.75) is 60.0 Å². The van der Waals surface area contributed by atoms with Crippen LogP contribution >= 0.6 is 0 Å². The van der Waals surface area contributed by atoms with Crippen LogP contribution in [0.4, 0.5) is 5.82 Å². The molecule has 0 aromatic carbocycles. The van der Waals surface area contributed by atoms with Crippen LogP contribution < -0.4 is 5.32 Å². The van der Waals surface area contributed by atoms with Crippen molar-refractivity contribution in [1.29, 1.82) is 0 Å². The SMILES string of the molecule is CCNc1cnc(CN(CC(C)C)C(CC)CC)cn1. The Morgan fingerprint density at radius 3 is 2.25 bits per heavy atom. The molecule has 1 heterocycles. The van der Waals surface area contributed by atoms with Gasteiger partial charge in [-0.25, -0.2) is 4.98 Å². The average Bonchev–Trinajstić information content (AvgIpc) is 2.42. The molecule has 0 unspecified atom stereocenters. The molecule has 4 nitrogen and oxygen atoms in total. The zero-order valence-electron chi connectivity index (χ0n) is 13.7. The second-order valence-corrected chi connectivity index (χ2v) is 5.72. The molecule has 1 N–H and O–H groups in total. The summed E-state index contributed by atoms with van der Waals surface area (Å²) in [5.74, 6) is 1.53. The Balaban J connectivity index is 2.72. The van der Waals surface area contributed by atoms with E-state index in [1.165, 1.54) is 12.8 Å². The molecule has 0 spiro atoms. The highest BCUT2D eigenvalue weighted by molar-refractivity contribution is 5.30. The average molecular weight is 278 g/mol. The standard InChI is InChI=1S/C16H30N4/c1-6-15(7-2)20(11-13(4)5)12-14-9-19-16(10-18-14)17-8-3/h9-10,13,15H,6-8,11-12H2,1-5H3,(H,17,19). The summed E-state index contributed by atoms with van der Waals surface area (Å²) in [6, 6.07) is 0.632. The molecule has 0 radical (unpaired) electrons. The molecule has 4 heteroatoms. The second kappa shape index (κ2) is 8.90. The molecule has 20 heavy (non-hydrogen) atoms. The third-order valence-electron chi connectivity index (χ3n) is 3.49. The largest absolute Gasteiger partial charge is 0.369 e. The van der Waals surface area contributed by atoms with Crippen molar-refractivity contribution < 1.29 is 0 Å². The highest BCUT2D eigenvalue weighted by Gasteiger charge is 2.17. The van der Waals surface area contributed by atoms with Crippen LogP contribution in [0.15, 0.2) is 12.4 Å². The van der Waals surface area contributed by atoms with Crippen molar-refractivity contribution >= 4 is 5.82 Å². The van der Waals surface area contributed by atoms with Crippen molar-refractivity contribution in [3.05, 3.63) is 18.1 Å². The first-order chi connectivity index (χ1) is 9.60. The Labute approximate surface area is 124 Å². The number of aromatic nitrogens is 2. The summed E-state index contributed by atoms with van der Waals surface area (Å²) in [5, 5.41) is 3.18. The molecule has 0 fully saturated rings. The van der Waals surface area contributed by atoms with E-state index in [1.54, 1.807) is 0 Å². The molecular weight excluding hydrogens is 248 g/mol. The zero-order valence-corrected chi connectivity index (χ0v) is 13.7. The highest BCUT2D eigenvalue weighted by Crippen LogP contribution is 2.15. The van der Waals surface area contributed by atoms with Crippen LogP contribution in [0.1, 0.15) is 53.2 Å². The molecule has 1 rings (SSSR count). The molecule has 0 aliphatic carbocycles. The first kappa shape index (κ1) is 16.9. The van der Waals surface area contributed by atoms with Crippen LogP contribution in [-0.2, 0) is 6.54 Å². The number of rotatable bonds is 9. The van der Waals surface area contributed by atoms with Crippen LogP contribution in [-0.4, -0.2) is 34.0 Å². The van der Waals surface area contributed by atoms with Gasteiger partial charge in [-0.1, -0.05) is 27.7 Å². The lowest BCUT2D eigenvalue weighted by molar-refractivity contribution is 0.155. The second-order valence-electron chi connectivity index (χ2n) is 5.72. The maximum Gasteiger partial charge on any atom is 0.144 e. The molecule has 1 aromatic rings. The van der Waals surface area contributed by atoms with E-state index in [0.717, 1.165) is 31.1 Å². The predicted octanol–water partition coefficient (Wildman–Crippen LogP) is 3.56. The summed E-state index contributed by atoms with van der Waals surface area (Å²) >= 11 is 0. The third-order valence-corrected chi connectivity index (χ3v) is 3.49. The van der Waals surface area contributed by atoms with E-state index in [9.17, 15) is 0 Å². The number of hydrogen-bond donors (Lipinski definition) is 1. The Hall–Kier alpha value is -1.16. The normalized spacial score (nSPS) is 11.6. The Kier molecular flexibility index (Phi) is 7.52. The number of anilines is 1. The molecule has 0 saturated carbocycles. The minimum absolute atomic E-state index is 0.632. The van der Waals surface area contributed by atoms with Crippen LogP contribution in [0, 0.1) is 5.92 Å². The Morgan fingerprint density at radius 2 is 1.80 bits per heavy atom. The molecule has 1 aromatic heterocycles. The lowest BCUT2D eigenvalue weighted by atomic mass is 10.1. The van der Waals surface area contributed by atoms with Gasteiger partial charge in [0.15, 0.2) is 0 Å². The van der Waals surface area contributed by atoms with E-state index in [0.29, 0.717) is 12.0 Å². The van der Waals surface area contributed by atoms with Gasteiger partial charge in [-0.15, -0.1) is 0 Å². The minimum atomic E-state index is 0.632. The monoisotopic (exact) mass is 278 g/mol. The summed E-state index contributed by atoms with van der Waals surface area (Å²) in [6.07, 6.45) is 6.10. The number of nitrogens with zero attached hydrogens (tertiary/aromatic N) is 3. The Morgan fingerprint density at radius 1 is 1.10 bits per heavy atom. The molecule has 0 amide bonds. The summed E-state index contributed by atoms with van der Waals surface area (Å²) in [5.41, 5.74) is 1.05. The van der Waals surface area contributed by atoms with Crippen LogP contribution in [0.5, 0.6) is 0 Å². The van der Waals surface area contributed by atoms with E-state index in [2.05, 4.69) is 54.8 Å². The van der Waals surface area contributed by atoms with Crippen molar-refractivity contribution in [2.24, 2.45) is 5.92 Å². The third kappa shape index (κ3) is 5.45. The van der Waals surface area contributed by atoms with Gasteiger partial charge in [-0.05, 0) is 25.7 Å². The highest BCUT2D eigenvalue weighted by atomic mass is 15.2. The van der Waals surface area contributed by atoms with Crippen molar-refractivity contribution in [3.8, 4) is 0 Å². The molecule has 0 atom stereocenters. The topological polar surface area (TPSA) is 41.1 Å². The molecular formula is C16H30N4. The first-order valence-electron chi connectivity index (χ1n) is 7.89. The number of nitrogens with one attached hydrogen (secondary N) is 1. The van der Waals surface area contributed by atoms with Gasteiger partial charge in [0.1, 0.15) is 5.82 Å². The molecule has 0 bridgehead atoms. The smallest absolute Gasteiger partial charge is 0.144 e. The lowest BCUT2D eigenvalue weighted by Gasteiger charge is -2.31. The molecule has 0 saturated heterocycles. The Bertz CT molecular complexity index is 357. The van der Waals surface area contributed by atoms with Gasteiger partial charge in [-0.2, -0.15) is 0 Å². The van der Waals surface area contributed by atoms with E-state index >= 15 is 0 Å². The van der Waals surface area contributed by atoms with Gasteiger partial charge in [0.25, 0.3) is 0 Å².